The summed E-state index contributed by atoms with van der Waals surface area (Å²) >= 11 is 0. The van der Waals surface area contributed by atoms with Crippen LogP contribution in [0.2, 0.25) is 0 Å². The highest BCUT2D eigenvalue weighted by Crippen LogP contribution is 2.36. The average Bonchev–Trinajstić information content (AvgIpc) is 2.61. The third kappa shape index (κ3) is 2.07. The third-order valence-corrected chi connectivity index (χ3v) is 2.93. The lowest BCUT2D eigenvalue weighted by atomic mass is 10.1. The molecule has 1 aliphatic heterocycles. The van der Waals surface area contributed by atoms with E-state index in [0.717, 1.165) is 12.0 Å². The Balaban J connectivity index is 2.37. The van der Waals surface area contributed by atoms with Gasteiger partial charge in [0.1, 0.15) is 18.4 Å². The van der Waals surface area contributed by atoms with Crippen LogP contribution >= 0.6 is 0 Å². The molecule has 2 rings (SSSR count). The van der Waals surface area contributed by atoms with Crippen molar-refractivity contribution in [2.24, 2.45) is 0 Å². The summed E-state index contributed by atoms with van der Waals surface area (Å²) in [5.74, 6) is -0.591. The first-order valence-corrected chi connectivity index (χ1v) is 5.90. The first-order valence-electron chi connectivity index (χ1n) is 5.90. The van der Waals surface area contributed by atoms with Crippen molar-refractivity contribution in [2.45, 2.75) is 19.4 Å². The molecule has 0 radical (unpaired) electrons. The maximum Gasteiger partial charge on any atom is 0.249 e. The molecule has 0 aliphatic carbocycles. The van der Waals surface area contributed by atoms with Crippen LogP contribution in [0.3, 0.4) is 0 Å². The smallest absolute Gasteiger partial charge is 0.249 e. The predicted octanol–water partition coefficient (Wildman–Crippen LogP) is 1.74. The van der Waals surface area contributed by atoms with Gasteiger partial charge in [-0.2, -0.15) is 5.26 Å². The number of rotatable bonds is 4. The summed E-state index contributed by atoms with van der Waals surface area (Å²) < 4.78 is 13.2. The van der Waals surface area contributed by atoms with Gasteiger partial charge in [-0.15, -0.1) is 0 Å². The number of nitrogens with one attached hydrogen (secondary N) is 1. The van der Waals surface area contributed by atoms with Gasteiger partial charge in [0.2, 0.25) is 5.91 Å². The van der Waals surface area contributed by atoms with Crippen molar-refractivity contribution in [3.05, 3.63) is 29.6 Å². The molecule has 1 heterocycles. The first-order chi connectivity index (χ1) is 8.69. The van der Waals surface area contributed by atoms with Crippen LogP contribution in [0.5, 0.6) is 0 Å². The highest BCUT2D eigenvalue weighted by Gasteiger charge is 2.36. The van der Waals surface area contributed by atoms with E-state index in [-0.39, 0.29) is 12.5 Å². The monoisotopic (exact) mass is 247 g/mol. The number of nitriles is 1. The van der Waals surface area contributed by atoms with Gasteiger partial charge in [-0.3, -0.25) is 9.69 Å². The Morgan fingerprint density at radius 3 is 3.00 bits per heavy atom. The highest BCUT2D eigenvalue weighted by molar-refractivity contribution is 6.04. The second-order valence-corrected chi connectivity index (χ2v) is 4.17. The molecule has 1 aromatic carbocycles. The van der Waals surface area contributed by atoms with E-state index in [9.17, 15) is 9.18 Å². The van der Waals surface area contributed by atoms with Crippen molar-refractivity contribution in [1.29, 1.82) is 5.26 Å². The van der Waals surface area contributed by atoms with E-state index in [2.05, 4.69) is 5.32 Å². The number of fused-ring (bicyclic) bond motifs is 1. The number of hydrogen-bond donors (Lipinski definition) is 1. The molecule has 18 heavy (non-hydrogen) atoms. The minimum Gasteiger partial charge on any atom is -0.302 e. The summed E-state index contributed by atoms with van der Waals surface area (Å²) in [7, 11) is 0. The standard InChI is InChI=1S/C13H14FN3O/c1-2-6-16-12-10-4-3-9(14)8-11(10)17(7-5-15)13(12)18/h3-4,8,12,16H,2,6-7H2,1H3. The number of hydrogen-bond acceptors (Lipinski definition) is 3. The first kappa shape index (κ1) is 12.5. The van der Waals surface area contributed by atoms with Crippen molar-refractivity contribution in [3.8, 4) is 6.07 Å². The van der Waals surface area contributed by atoms with Crippen molar-refractivity contribution >= 4 is 11.6 Å². The Morgan fingerprint density at radius 1 is 1.56 bits per heavy atom. The quantitative estimate of drug-likeness (QED) is 0.824. The van der Waals surface area contributed by atoms with Gasteiger partial charge >= 0.3 is 0 Å². The molecule has 1 unspecified atom stereocenters. The molecule has 0 fully saturated rings. The van der Waals surface area contributed by atoms with Crippen LogP contribution in [0.4, 0.5) is 10.1 Å². The molecule has 1 N–H and O–H groups in total. The van der Waals surface area contributed by atoms with Crippen molar-refractivity contribution in [3.63, 3.8) is 0 Å². The Kier molecular flexibility index (Phi) is 3.58. The second-order valence-electron chi connectivity index (χ2n) is 4.17. The molecule has 0 bridgehead atoms. The number of benzene rings is 1. The van der Waals surface area contributed by atoms with Gasteiger partial charge in [-0.1, -0.05) is 13.0 Å². The molecule has 94 valence electrons. The van der Waals surface area contributed by atoms with Crippen molar-refractivity contribution in [2.75, 3.05) is 18.0 Å². The Hall–Kier alpha value is -1.93. The van der Waals surface area contributed by atoms with E-state index in [4.69, 9.17) is 5.26 Å². The molecule has 1 amide bonds. The van der Waals surface area contributed by atoms with Crippen LogP contribution in [-0.2, 0) is 4.79 Å². The molecule has 5 heteroatoms. The van der Waals surface area contributed by atoms with Crippen LogP contribution in [0.15, 0.2) is 18.2 Å². The van der Waals surface area contributed by atoms with Gasteiger partial charge < -0.3 is 5.32 Å². The average molecular weight is 247 g/mol. The largest absolute Gasteiger partial charge is 0.302 e. The van der Waals surface area contributed by atoms with Crippen LogP contribution in [0.25, 0.3) is 0 Å². The van der Waals surface area contributed by atoms with Gasteiger partial charge in [0.05, 0.1) is 11.8 Å². The summed E-state index contributed by atoms with van der Waals surface area (Å²) in [5, 5.41) is 11.9. The van der Waals surface area contributed by atoms with Crippen molar-refractivity contribution in [1.82, 2.24) is 5.32 Å². The fourth-order valence-corrected chi connectivity index (χ4v) is 2.12. The topological polar surface area (TPSA) is 56.1 Å². The SMILES string of the molecule is CCCNC1C(=O)N(CC#N)c2cc(F)ccc21. The highest BCUT2D eigenvalue weighted by atomic mass is 19.1. The molecule has 1 aromatic rings. The zero-order chi connectivity index (χ0) is 13.1. The molecule has 0 aromatic heterocycles. The number of carbonyl (C=O) groups is 1. The molecular formula is C13H14FN3O. The number of anilines is 1. The van der Waals surface area contributed by atoms with Crippen molar-refractivity contribution < 1.29 is 9.18 Å². The lowest BCUT2D eigenvalue weighted by Gasteiger charge is -2.14. The molecule has 0 saturated carbocycles. The van der Waals surface area contributed by atoms with Gasteiger partial charge in [-0.05, 0) is 25.1 Å². The molecule has 0 spiro atoms. The van der Waals surface area contributed by atoms with E-state index in [1.54, 1.807) is 6.07 Å². The van der Waals surface area contributed by atoms with E-state index in [1.165, 1.54) is 17.0 Å². The van der Waals surface area contributed by atoms with Crippen LogP contribution in [0.1, 0.15) is 24.9 Å². The minimum atomic E-state index is -0.464. The summed E-state index contributed by atoms with van der Waals surface area (Å²) in [6.45, 7) is 2.65. The maximum atomic E-state index is 13.2. The third-order valence-electron chi connectivity index (χ3n) is 2.93. The molecule has 0 saturated heterocycles. The zero-order valence-electron chi connectivity index (χ0n) is 10.1. The second kappa shape index (κ2) is 5.15. The number of nitrogens with zero attached hydrogens (tertiary/aromatic N) is 2. The summed E-state index contributed by atoms with van der Waals surface area (Å²) in [5.41, 5.74) is 1.24. The number of halogens is 1. The molecule has 4 nitrogen and oxygen atoms in total. The van der Waals surface area contributed by atoms with Gasteiger partial charge in [0.15, 0.2) is 0 Å². The summed E-state index contributed by atoms with van der Waals surface area (Å²) in [6.07, 6.45) is 0.901. The van der Waals surface area contributed by atoms with E-state index < -0.39 is 11.9 Å². The number of amides is 1. The van der Waals surface area contributed by atoms with Gasteiger partial charge in [-0.25, -0.2) is 4.39 Å². The van der Waals surface area contributed by atoms with Gasteiger partial charge in [0, 0.05) is 5.56 Å². The Morgan fingerprint density at radius 2 is 2.33 bits per heavy atom. The zero-order valence-corrected chi connectivity index (χ0v) is 10.1. The van der Waals surface area contributed by atoms with Gasteiger partial charge in [0.25, 0.3) is 0 Å². The van der Waals surface area contributed by atoms with E-state index >= 15 is 0 Å². The molecule has 1 aliphatic rings. The summed E-state index contributed by atoms with van der Waals surface area (Å²) in [4.78, 5) is 13.5. The van der Waals surface area contributed by atoms with Crippen LogP contribution in [0, 0.1) is 17.1 Å². The minimum absolute atomic E-state index is 0.0560. The van der Waals surface area contributed by atoms with E-state index in [1.807, 2.05) is 13.0 Å². The van der Waals surface area contributed by atoms with Crippen LogP contribution in [-0.4, -0.2) is 19.0 Å². The Bertz CT molecular complexity index is 509. The molecule has 1 atom stereocenters. The maximum absolute atomic E-state index is 13.2. The normalized spacial score (nSPS) is 17.7. The fourth-order valence-electron chi connectivity index (χ4n) is 2.12. The predicted molar refractivity (Wildman–Crippen MR) is 65.4 cm³/mol. The lowest BCUT2D eigenvalue weighted by molar-refractivity contribution is -0.119. The van der Waals surface area contributed by atoms with Crippen LogP contribution < -0.4 is 10.2 Å². The summed E-state index contributed by atoms with van der Waals surface area (Å²) in [6, 6.07) is 5.71. The van der Waals surface area contributed by atoms with E-state index in [0.29, 0.717) is 12.2 Å². The fraction of sp³-hybridized carbons (Fsp3) is 0.385. The Labute approximate surface area is 105 Å². The molecular weight excluding hydrogens is 233 g/mol. The number of carbonyl (C=O) groups excluding carboxylic acids is 1. The lowest BCUT2D eigenvalue weighted by Crippen LogP contribution is -2.35.